The molecular formula is C18H17Cl2NO4. The molecule has 0 aliphatic rings. The van der Waals surface area contributed by atoms with Crippen molar-refractivity contribution in [1.82, 2.24) is 5.32 Å². The van der Waals surface area contributed by atoms with E-state index in [2.05, 4.69) is 5.32 Å². The van der Waals surface area contributed by atoms with Crippen LogP contribution in [0.5, 0.6) is 5.75 Å². The summed E-state index contributed by atoms with van der Waals surface area (Å²) < 4.78 is 9.84. The normalized spacial score (nSPS) is 11.5. The fourth-order valence-corrected chi connectivity index (χ4v) is 2.52. The summed E-state index contributed by atoms with van der Waals surface area (Å²) in [6, 6.07) is 11.1. The molecule has 0 aliphatic carbocycles. The molecule has 0 bridgehead atoms. The number of hydrogen-bond acceptors (Lipinski definition) is 4. The third-order valence-corrected chi connectivity index (χ3v) is 4.34. The molecule has 5 nitrogen and oxygen atoms in total. The number of carbonyl (C=O) groups excluding carboxylic acids is 2. The first-order valence-corrected chi connectivity index (χ1v) is 8.17. The highest BCUT2D eigenvalue weighted by atomic mass is 35.5. The summed E-state index contributed by atoms with van der Waals surface area (Å²) in [6.07, 6.45) is -0.00408. The quantitative estimate of drug-likeness (QED) is 0.766. The Bertz CT molecular complexity index is 762. The molecule has 2 aromatic carbocycles. The average molecular weight is 382 g/mol. The Morgan fingerprint density at radius 2 is 1.72 bits per heavy atom. The summed E-state index contributed by atoms with van der Waals surface area (Å²) in [6.45, 7) is 0. The van der Waals surface area contributed by atoms with Gasteiger partial charge in [0.1, 0.15) is 5.75 Å². The van der Waals surface area contributed by atoms with E-state index < -0.39 is 12.0 Å². The Balaban J connectivity index is 2.23. The molecule has 1 N–H and O–H groups in total. The predicted molar refractivity (Wildman–Crippen MR) is 96.3 cm³/mol. The summed E-state index contributed by atoms with van der Waals surface area (Å²) >= 11 is 11.8. The second kappa shape index (κ2) is 8.74. The van der Waals surface area contributed by atoms with Crippen LogP contribution in [0, 0.1) is 0 Å². The Hall–Kier alpha value is -2.24. The van der Waals surface area contributed by atoms with Gasteiger partial charge in [0.25, 0.3) is 5.91 Å². The monoisotopic (exact) mass is 381 g/mol. The van der Waals surface area contributed by atoms with Crippen molar-refractivity contribution in [2.24, 2.45) is 0 Å². The fourth-order valence-electron chi connectivity index (χ4n) is 2.22. The van der Waals surface area contributed by atoms with Crippen molar-refractivity contribution in [2.45, 2.75) is 12.5 Å². The lowest BCUT2D eigenvalue weighted by Crippen LogP contribution is -2.30. The zero-order chi connectivity index (χ0) is 18.4. The summed E-state index contributed by atoms with van der Waals surface area (Å²) in [5, 5.41) is 3.46. The lowest BCUT2D eigenvalue weighted by molar-refractivity contribution is -0.141. The number of benzene rings is 2. The van der Waals surface area contributed by atoms with Gasteiger partial charge in [-0.1, -0.05) is 35.3 Å². The molecule has 1 amide bonds. The van der Waals surface area contributed by atoms with Gasteiger partial charge in [-0.05, 0) is 35.9 Å². The van der Waals surface area contributed by atoms with Crippen LogP contribution in [0.15, 0.2) is 42.5 Å². The molecule has 7 heteroatoms. The van der Waals surface area contributed by atoms with Crippen molar-refractivity contribution in [1.29, 1.82) is 0 Å². The van der Waals surface area contributed by atoms with Crippen molar-refractivity contribution in [3.8, 4) is 5.75 Å². The molecule has 2 aromatic rings. The average Bonchev–Trinajstić information content (AvgIpc) is 2.63. The third-order valence-electron chi connectivity index (χ3n) is 3.60. The number of hydrogen-bond donors (Lipinski definition) is 1. The highest BCUT2D eigenvalue weighted by Crippen LogP contribution is 2.24. The highest BCUT2D eigenvalue weighted by molar-refractivity contribution is 6.42. The number of carbonyl (C=O) groups is 2. The van der Waals surface area contributed by atoms with Crippen LogP contribution >= 0.6 is 23.2 Å². The van der Waals surface area contributed by atoms with E-state index in [0.29, 0.717) is 16.3 Å². The first-order valence-electron chi connectivity index (χ1n) is 7.41. The van der Waals surface area contributed by atoms with E-state index in [1.54, 1.807) is 43.5 Å². The van der Waals surface area contributed by atoms with Gasteiger partial charge < -0.3 is 14.8 Å². The standard InChI is InChI=1S/C18H17Cl2NO4/c1-24-13-6-3-11(4-7-13)16(10-17(22)25-2)21-18(23)12-5-8-14(19)15(20)9-12/h3-9,16H,10H2,1-2H3,(H,21,23). The van der Waals surface area contributed by atoms with E-state index >= 15 is 0 Å². The maximum atomic E-state index is 12.5. The number of methoxy groups -OCH3 is 2. The van der Waals surface area contributed by atoms with Gasteiger partial charge in [-0.3, -0.25) is 9.59 Å². The van der Waals surface area contributed by atoms with Crippen LogP contribution in [-0.4, -0.2) is 26.1 Å². The van der Waals surface area contributed by atoms with Crippen LogP contribution in [-0.2, 0) is 9.53 Å². The number of halogens is 2. The zero-order valence-corrected chi connectivity index (χ0v) is 15.2. The smallest absolute Gasteiger partial charge is 0.307 e. The summed E-state index contributed by atoms with van der Waals surface area (Å²) in [7, 11) is 2.86. The van der Waals surface area contributed by atoms with E-state index in [1.807, 2.05) is 0 Å². The number of ether oxygens (including phenoxy) is 2. The van der Waals surface area contributed by atoms with Gasteiger partial charge in [0, 0.05) is 5.56 Å². The van der Waals surface area contributed by atoms with Crippen molar-refractivity contribution in [3.63, 3.8) is 0 Å². The molecular weight excluding hydrogens is 365 g/mol. The second-order valence-electron chi connectivity index (χ2n) is 5.21. The molecule has 0 aliphatic heterocycles. The van der Waals surface area contributed by atoms with Crippen molar-refractivity contribution < 1.29 is 19.1 Å². The topological polar surface area (TPSA) is 64.6 Å². The van der Waals surface area contributed by atoms with Crippen LogP contribution in [0.2, 0.25) is 10.0 Å². The lowest BCUT2D eigenvalue weighted by Gasteiger charge is -2.19. The zero-order valence-electron chi connectivity index (χ0n) is 13.7. The molecule has 0 saturated carbocycles. The Morgan fingerprint density at radius 1 is 1.04 bits per heavy atom. The van der Waals surface area contributed by atoms with E-state index in [1.165, 1.54) is 13.2 Å². The van der Waals surface area contributed by atoms with E-state index in [9.17, 15) is 9.59 Å². The second-order valence-corrected chi connectivity index (χ2v) is 6.02. The van der Waals surface area contributed by atoms with Crippen LogP contribution < -0.4 is 10.1 Å². The maximum Gasteiger partial charge on any atom is 0.307 e. The van der Waals surface area contributed by atoms with Gasteiger partial charge in [-0.25, -0.2) is 0 Å². The minimum atomic E-state index is -0.555. The molecule has 25 heavy (non-hydrogen) atoms. The first kappa shape index (κ1) is 19.1. The Labute approximate surface area is 155 Å². The Morgan fingerprint density at radius 3 is 2.28 bits per heavy atom. The number of amides is 1. The van der Waals surface area contributed by atoms with Gasteiger partial charge in [0.2, 0.25) is 0 Å². The van der Waals surface area contributed by atoms with Crippen molar-refractivity contribution >= 4 is 35.1 Å². The highest BCUT2D eigenvalue weighted by Gasteiger charge is 2.20. The van der Waals surface area contributed by atoms with Gasteiger partial charge >= 0.3 is 5.97 Å². The molecule has 0 spiro atoms. The summed E-state index contributed by atoms with van der Waals surface area (Å²) in [5.41, 5.74) is 1.09. The number of rotatable bonds is 6. The summed E-state index contributed by atoms with van der Waals surface area (Å²) in [4.78, 5) is 24.2. The molecule has 1 unspecified atom stereocenters. The maximum absolute atomic E-state index is 12.5. The SMILES string of the molecule is COC(=O)CC(NC(=O)c1ccc(Cl)c(Cl)c1)c1ccc(OC)cc1. The fraction of sp³-hybridized carbons (Fsp3) is 0.222. The van der Waals surface area contributed by atoms with Crippen LogP contribution in [0.1, 0.15) is 28.4 Å². The van der Waals surface area contributed by atoms with Crippen LogP contribution in [0.4, 0.5) is 0 Å². The molecule has 132 valence electrons. The lowest BCUT2D eigenvalue weighted by atomic mass is 10.0. The molecule has 0 aromatic heterocycles. The molecule has 0 saturated heterocycles. The predicted octanol–water partition coefficient (Wildman–Crippen LogP) is 4.04. The summed E-state index contributed by atoms with van der Waals surface area (Å²) in [5.74, 6) is -0.130. The van der Waals surface area contributed by atoms with E-state index in [-0.39, 0.29) is 17.4 Å². The largest absolute Gasteiger partial charge is 0.497 e. The van der Waals surface area contributed by atoms with Crippen LogP contribution in [0.25, 0.3) is 0 Å². The van der Waals surface area contributed by atoms with Gasteiger partial charge in [-0.2, -0.15) is 0 Å². The minimum Gasteiger partial charge on any atom is -0.497 e. The molecule has 1 atom stereocenters. The van der Waals surface area contributed by atoms with Crippen molar-refractivity contribution in [3.05, 3.63) is 63.6 Å². The van der Waals surface area contributed by atoms with Crippen molar-refractivity contribution in [2.75, 3.05) is 14.2 Å². The van der Waals surface area contributed by atoms with Gasteiger partial charge in [-0.15, -0.1) is 0 Å². The molecule has 2 rings (SSSR count). The third kappa shape index (κ3) is 5.11. The Kier molecular flexibility index (Phi) is 6.67. The van der Waals surface area contributed by atoms with Crippen LogP contribution in [0.3, 0.4) is 0 Å². The van der Waals surface area contributed by atoms with Gasteiger partial charge in [0.15, 0.2) is 0 Å². The first-order chi connectivity index (χ1) is 11.9. The number of esters is 1. The van der Waals surface area contributed by atoms with Gasteiger partial charge in [0.05, 0.1) is 36.7 Å². The van der Waals surface area contributed by atoms with E-state index in [4.69, 9.17) is 32.7 Å². The molecule has 0 fully saturated rings. The number of nitrogens with one attached hydrogen (secondary N) is 1. The van der Waals surface area contributed by atoms with E-state index in [0.717, 1.165) is 5.56 Å². The molecule has 0 radical (unpaired) electrons. The molecule has 0 heterocycles. The minimum absolute atomic E-state index is 0.00408.